The zero-order valence-corrected chi connectivity index (χ0v) is 12.8. The van der Waals surface area contributed by atoms with Crippen molar-refractivity contribution < 1.29 is 4.79 Å². The maximum Gasteiger partial charge on any atom is 0.254 e. The van der Waals surface area contributed by atoms with E-state index in [9.17, 15) is 4.79 Å². The topological polar surface area (TPSA) is 49.6 Å². The molecule has 3 rings (SSSR count). The standard InChI is InChI=1S/C17H25N3O/c1-13-12-14(18)6-7-16(13)17(21)20-10-8-19(9-11-20)15-4-2-3-5-15/h6-7,12,15H,2-5,8-11,18H2,1H3. The number of nitrogen functional groups attached to an aromatic ring is 1. The number of nitrogens with two attached hydrogens (primary N) is 1. The van der Waals surface area contributed by atoms with Crippen LogP contribution in [0, 0.1) is 6.92 Å². The Morgan fingerprint density at radius 2 is 1.81 bits per heavy atom. The number of nitrogens with zero attached hydrogens (tertiary/aromatic N) is 2. The lowest BCUT2D eigenvalue weighted by Gasteiger charge is -2.38. The lowest BCUT2D eigenvalue weighted by molar-refractivity contribution is 0.0573. The molecule has 1 amide bonds. The van der Waals surface area contributed by atoms with Gasteiger partial charge >= 0.3 is 0 Å². The molecule has 4 heteroatoms. The molecule has 0 bridgehead atoms. The van der Waals surface area contributed by atoms with Crippen LogP contribution in [0.4, 0.5) is 5.69 Å². The number of hydrogen-bond donors (Lipinski definition) is 1. The quantitative estimate of drug-likeness (QED) is 0.849. The van der Waals surface area contributed by atoms with E-state index in [1.165, 1.54) is 25.7 Å². The second-order valence-corrected chi connectivity index (χ2v) is 6.34. The second kappa shape index (κ2) is 6.06. The molecule has 4 nitrogen and oxygen atoms in total. The molecule has 1 aromatic rings. The summed E-state index contributed by atoms with van der Waals surface area (Å²) < 4.78 is 0. The number of carbonyl (C=O) groups is 1. The summed E-state index contributed by atoms with van der Waals surface area (Å²) in [6, 6.07) is 6.31. The Morgan fingerprint density at radius 1 is 1.14 bits per heavy atom. The van der Waals surface area contributed by atoms with E-state index in [-0.39, 0.29) is 5.91 Å². The fraction of sp³-hybridized carbons (Fsp3) is 0.588. The number of amides is 1. The Bertz CT molecular complexity index is 515. The van der Waals surface area contributed by atoms with Crippen molar-refractivity contribution in [3.05, 3.63) is 29.3 Å². The van der Waals surface area contributed by atoms with E-state index in [0.29, 0.717) is 0 Å². The molecule has 1 aliphatic carbocycles. The molecule has 2 fully saturated rings. The average molecular weight is 287 g/mol. The zero-order chi connectivity index (χ0) is 14.8. The first-order chi connectivity index (χ1) is 10.1. The molecule has 1 aromatic carbocycles. The van der Waals surface area contributed by atoms with Crippen molar-refractivity contribution in [2.45, 2.75) is 38.6 Å². The summed E-state index contributed by atoms with van der Waals surface area (Å²) in [6.07, 6.45) is 5.42. The van der Waals surface area contributed by atoms with Crippen molar-refractivity contribution in [2.24, 2.45) is 0 Å². The molecular formula is C17H25N3O. The van der Waals surface area contributed by atoms with Gasteiger partial charge in [0.1, 0.15) is 0 Å². The van der Waals surface area contributed by atoms with Gasteiger partial charge in [-0.2, -0.15) is 0 Å². The predicted molar refractivity (Wildman–Crippen MR) is 85.3 cm³/mol. The number of benzene rings is 1. The van der Waals surface area contributed by atoms with E-state index in [1.807, 2.05) is 30.0 Å². The van der Waals surface area contributed by atoms with E-state index in [0.717, 1.165) is 49.0 Å². The largest absolute Gasteiger partial charge is 0.399 e. The number of piperazine rings is 1. The molecule has 1 aliphatic heterocycles. The molecular weight excluding hydrogens is 262 g/mol. The third-order valence-electron chi connectivity index (χ3n) is 4.92. The SMILES string of the molecule is Cc1cc(N)ccc1C(=O)N1CCN(C2CCCC2)CC1. The maximum absolute atomic E-state index is 12.6. The van der Waals surface area contributed by atoms with E-state index in [1.54, 1.807) is 0 Å². The Balaban J connectivity index is 1.62. The molecule has 21 heavy (non-hydrogen) atoms. The number of anilines is 1. The van der Waals surface area contributed by atoms with Crippen molar-refractivity contribution >= 4 is 11.6 Å². The van der Waals surface area contributed by atoms with Gasteiger partial charge in [-0.15, -0.1) is 0 Å². The van der Waals surface area contributed by atoms with Gasteiger partial charge in [-0.3, -0.25) is 9.69 Å². The fourth-order valence-corrected chi connectivity index (χ4v) is 3.66. The minimum absolute atomic E-state index is 0.151. The molecule has 1 saturated carbocycles. The van der Waals surface area contributed by atoms with Gasteiger partial charge < -0.3 is 10.6 Å². The van der Waals surface area contributed by atoms with E-state index >= 15 is 0 Å². The van der Waals surface area contributed by atoms with Crippen LogP contribution in [0.5, 0.6) is 0 Å². The van der Waals surface area contributed by atoms with Gasteiger partial charge in [0.2, 0.25) is 0 Å². The minimum atomic E-state index is 0.151. The molecule has 2 N–H and O–H groups in total. The van der Waals surface area contributed by atoms with Crippen LogP contribution in [0.15, 0.2) is 18.2 Å². The Hall–Kier alpha value is -1.55. The van der Waals surface area contributed by atoms with Gasteiger partial charge in [0, 0.05) is 43.5 Å². The Morgan fingerprint density at radius 3 is 2.43 bits per heavy atom. The molecule has 0 spiro atoms. The first kappa shape index (κ1) is 14.4. The van der Waals surface area contributed by atoms with Gasteiger partial charge in [0.05, 0.1) is 0 Å². The molecule has 2 aliphatic rings. The number of hydrogen-bond acceptors (Lipinski definition) is 3. The molecule has 114 valence electrons. The summed E-state index contributed by atoms with van der Waals surface area (Å²) in [7, 11) is 0. The summed E-state index contributed by atoms with van der Waals surface area (Å²) in [4.78, 5) is 17.2. The van der Waals surface area contributed by atoms with Crippen LogP contribution < -0.4 is 5.73 Å². The third kappa shape index (κ3) is 3.05. The molecule has 0 aromatic heterocycles. The van der Waals surface area contributed by atoms with Gasteiger partial charge in [0.25, 0.3) is 5.91 Å². The zero-order valence-electron chi connectivity index (χ0n) is 12.8. The van der Waals surface area contributed by atoms with Crippen LogP contribution in [0.1, 0.15) is 41.6 Å². The fourth-order valence-electron chi connectivity index (χ4n) is 3.66. The predicted octanol–water partition coefficient (Wildman–Crippen LogP) is 2.28. The lowest BCUT2D eigenvalue weighted by atomic mass is 10.1. The van der Waals surface area contributed by atoms with E-state index < -0.39 is 0 Å². The first-order valence-electron chi connectivity index (χ1n) is 8.04. The van der Waals surface area contributed by atoms with Crippen LogP contribution in [0.2, 0.25) is 0 Å². The summed E-state index contributed by atoms with van der Waals surface area (Å²) in [5.74, 6) is 0.151. The first-order valence-corrected chi connectivity index (χ1v) is 8.04. The maximum atomic E-state index is 12.6. The molecule has 0 atom stereocenters. The van der Waals surface area contributed by atoms with Gasteiger partial charge in [-0.05, 0) is 43.5 Å². The van der Waals surface area contributed by atoms with Gasteiger partial charge in [-0.1, -0.05) is 12.8 Å². The van der Waals surface area contributed by atoms with Gasteiger partial charge in [0.15, 0.2) is 0 Å². The number of carbonyl (C=O) groups excluding carboxylic acids is 1. The number of aryl methyl sites for hydroxylation is 1. The van der Waals surface area contributed by atoms with Crippen LogP contribution in [-0.2, 0) is 0 Å². The van der Waals surface area contributed by atoms with Crippen molar-refractivity contribution in [1.82, 2.24) is 9.80 Å². The van der Waals surface area contributed by atoms with E-state index in [4.69, 9.17) is 5.73 Å². The smallest absolute Gasteiger partial charge is 0.254 e. The monoisotopic (exact) mass is 287 g/mol. The molecule has 1 saturated heterocycles. The van der Waals surface area contributed by atoms with Crippen molar-refractivity contribution in [3.63, 3.8) is 0 Å². The molecule has 0 unspecified atom stereocenters. The van der Waals surface area contributed by atoms with Crippen LogP contribution in [-0.4, -0.2) is 47.9 Å². The van der Waals surface area contributed by atoms with Crippen molar-refractivity contribution in [1.29, 1.82) is 0 Å². The Labute approximate surface area is 126 Å². The van der Waals surface area contributed by atoms with E-state index in [2.05, 4.69) is 4.90 Å². The lowest BCUT2D eigenvalue weighted by Crippen LogP contribution is -2.51. The summed E-state index contributed by atoms with van der Waals surface area (Å²) >= 11 is 0. The number of rotatable bonds is 2. The van der Waals surface area contributed by atoms with Crippen molar-refractivity contribution in [3.8, 4) is 0 Å². The highest BCUT2D eigenvalue weighted by molar-refractivity contribution is 5.96. The third-order valence-corrected chi connectivity index (χ3v) is 4.92. The van der Waals surface area contributed by atoms with Crippen LogP contribution in [0.3, 0.4) is 0 Å². The summed E-state index contributed by atoms with van der Waals surface area (Å²) in [6.45, 7) is 5.69. The highest BCUT2D eigenvalue weighted by Gasteiger charge is 2.28. The minimum Gasteiger partial charge on any atom is -0.399 e. The normalized spacial score (nSPS) is 20.9. The van der Waals surface area contributed by atoms with Crippen LogP contribution in [0.25, 0.3) is 0 Å². The molecule has 1 heterocycles. The summed E-state index contributed by atoms with van der Waals surface area (Å²) in [5, 5.41) is 0. The van der Waals surface area contributed by atoms with Crippen molar-refractivity contribution in [2.75, 3.05) is 31.9 Å². The second-order valence-electron chi connectivity index (χ2n) is 6.34. The van der Waals surface area contributed by atoms with Crippen LogP contribution >= 0.6 is 0 Å². The highest BCUT2D eigenvalue weighted by atomic mass is 16.2. The summed E-state index contributed by atoms with van der Waals surface area (Å²) in [5.41, 5.74) is 8.24. The molecule has 0 radical (unpaired) electrons. The Kier molecular flexibility index (Phi) is 4.15. The highest BCUT2D eigenvalue weighted by Crippen LogP contribution is 2.25. The van der Waals surface area contributed by atoms with Gasteiger partial charge in [-0.25, -0.2) is 0 Å². The average Bonchev–Trinajstić information content (AvgIpc) is 3.01.